The minimum atomic E-state index is -0.203. The molecule has 1 amide bonds. The molecule has 3 atom stereocenters. The zero-order valence-electron chi connectivity index (χ0n) is 12.0. The molecular formula is C15H27NO3. The monoisotopic (exact) mass is 269 g/mol. The third-order valence-electron chi connectivity index (χ3n) is 4.63. The number of hydrogen-bond acceptors (Lipinski definition) is 3. The summed E-state index contributed by atoms with van der Waals surface area (Å²) in [5.74, 6) is 0.556. The first-order valence-corrected chi connectivity index (χ1v) is 7.70. The van der Waals surface area contributed by atoms with Gasteiger partial charge in [-0.25, -0.2) is 0 Å². The highest BCUT2D eigenvalue weighted by Gasteiger charge is 2.38. The Bertz CT molecular complexity index is 295. The van der Waals surface area contributed by atoms with Gasteiger partial charge in [-0.05, 0) is 32.1 Å². The van der Waals surface area contributed by atoms with Crippen LogP contribution in [0, 0.1) is 5.92 Å². The van der Waals surface area contributed by atoms with Crippen molar-refractivity contribution in [2.75, 3.05) is 20.3 Å². The van der Waals surface area contributed by atoms with Crippen LogP contribution in [0.3, 0.4) is 0 Å². The predicted molar refractivity (Wildman–Crippen MR) is 73.8 cm³/mol. The van der Waals surface area contributed by atoms with Crippen LogP contribution in [0.2, 0.25) is 0 Å². The molecule has 1 heterocycles. The van der Waals surface area contributed by atoms with Gasteiger partial charge in [-0.2, -0.15) is 0 Å². The number of carbonyl (C=O) groups excluding carboxylic acids is 1. The van der Waals surface area contributed by atoms with Gasteiger partial charge in [0, 0.05) is 38.6 Å². The molecular weight excluding hydrogens is 242 g/mol. The van der Waals surface area contributed by atoms with Crippen molar-refractivity contribution in [3.63, 3.8) is 0 Å². The molecule has 4 heteroatoms. The van der Waals surface area contributed by atoms with Crippen molar-refractivity contribution >= 4 is 5.91 Å². The zero-order chi connectivity index (χ0) is 13.7. The molecule has 3 unspecified atom stereocenters. The number of likely N-dealkylation sites (tertiary alicyclic amines) is 1. The van der Waals surface area contributed by atoms with E-state index in [-0.39, 0.29) is 18.1 Å². The van der Waals surface area contributed by atoms with Crippen molar-refractivity contribution < 1.29 is 14.6 Å². The minimum absolute atomic E-state index is 0.203. The van der Waals surface area contributed by atoms with E-state index in [2.05, 4.69) is 0 Å². The van der Waals surface area contributed by atoms with Gasteiger partial charge in [0.2, 0.25) is 5.91 Å². The van der Waals surface area contributed by atoms with E-state index < -0.39 is 0 Å². The molecule has 0 bridgehead atoms. The summed E-state index contributed by atoms with van der Waals surface area (Å²) < 4.78 is 5.00. The molecule has 0 aromatic heterocycles. The highest BCUT2D eigenvalue weighted by molar-refractivity contribution is 5.76. The topological polar surface area (TPSA) is 49.8 Å². The average molecular weight is 269 g/mol. The maximum atomic E-state index is 12.3. The first kappa shape index (κ1) is 14.8. The SMILES string of the molecule is COCCCC(=O)N1CCCC1C1CCCCC1O. The molecule has 2 rings (SSSR count). The normalized spacial score (nSPS) is 31.7. The summed E-state index contributed by atoms with van der Waals surface area (Å²) in [7, 11) is 1.67. The number of ether oxygens (including phenoxy) is 1. The van der Waals surface area contributed by atoms with Crippen molar-refractivity contribution in [2.24, 2.45) is 5.92 Å². The smallest absolute Gasteiger partial charge is 0.222 e. The van der Waals surface area contributed by atoms with E-state index in [0.717, 1.165) is 45.1 Å². The molecule has 110 valence electrons. The Labute approximate surface area is 116 Å². The van der Waals surface area contributed by atoms with Crippen LogP contribution in [0.4, 0.5) is 0 Å². The number of aliphatic hydroxyl groups excluding tert-OH is 1. The standard InChI is InChI=1S/C15H27NO3/c1-19-11-5-9-15(18)16-10-4-7-13(16)12-6-2-3-8-14(12)17/h12-14,17H,2-11H2,1H3. The van der Waals surface area contributed by atoms with Gasteiger partial charge >= 0.3 is 0 Å². The van der Waals surface area contributed by atoms with E-state index in [1.807, 2.05) is 4.90 Å². The first-order valence-electron chi connectivity index (χ1n) is 7.70. The van der Waals surface area contributed by atoms with Crippen molar-refractivity contribution in [2.45, 2.75) is 63.5 Å². The van der Waals surface area contributed by atoms with Gasteiger partial charge in [0.15, 0.2) is 0 Å². The fraction of sp³-hybridized carbons (Fsp3) is 0.933. The summed E-state index contributed by atoms with van der Waals surface area (Å²) in [6.45, 7) is 1.52. The fourth-order valence-corrected chi connectivity index (χ4v) is 3.65. The summed E-state index contributed by atoms with van der Waals surface area (Å²) in [5, 5.41) is 10.2. The molecule has 1 N–H and O–H groups in total. The Morgan fingerprint density at radius 1 is 1.26 bits per heavy atom. The Balaban J connectivity index is 1.90. The van der Waals surface area contributed by atoms with Gasteiger partial charge in [-0.15, -0.1) is 0 Å². The third-order valence-corrected chi connectivity index (χ3v) is 4.63. The summed E-state index contributed by atoms with van der Waals surface area (Å²) >= 11 is 0. The highest BCUT2D eigenvalue weighted by atomic mass is 16.5. The van der Waals surface area contributed by atoms with Crippen molar-refractivity contribution in [1.29, 1.82) is 0 Å². The first-order chi connectivity index (χ1) is 9.24. The van der Waals surface area contributed by atoms with Crippen LogP contribution < -0.4 is 0 Å². The molecule has 19 heavy (non-hydrogen) atoms. The molecule has 2 fully saturated rings. The predicted octanol–water partition coefficient (Wildman–Crippen LogP) is 1.96. The number of aliphatic hydroxyl groups is 1. The Morgan fingerprint density at radius 2 is 2.05 bits per heavy atom. The Morgan fingerprint density at radius 3 is 2.79 bits per heavy atom. The van der Waals surface area contributed by atoms with Gasteiger partial charge in [0.05, 0.1) is 6.10 Å². The van der Waals surface area contributed by atoms with E-state index in [1.54, 1.807) is 7.11 Å². The molecule has 4 nitrogen and oxygen atoms in total. The molecule has 1 aliphatic carbocycles. The Kier molecular flexibility index (Phi) is 5.64. The highest BCUT2D eigenvalue weighted by Crippen LogP contribution is 2.34. The van der Waals surface area contributed by atoms with Gasteiger partial charge in [-0.3, -0.25) is 4.79 Å². The number of rotatable bonds is 5. The second-order valence-electron chi connectivity index (χ2n) is 5.91. The van der Waals surface area contributed by atoms with E-state index in [0.29, 0.717) is 18.9 Å². The van der Waals surface area contributed by atoms with Gasteiger partial charge in [0.25, 0.3) is 0 Å². The molecule has 1 aliphatic heterocycles. The number of amides is 1. The average Bonchev–Trinajstić information content (AvgIpc) is 2.88. The zero-order valence-corrected chi connectivity index (χ0v) is 12.0. The third kappa shape index (κ3) is 3.69. The number of hydrogen-bond donors (Lipinski definition) is 1. The second kappa shape index (κ2) is 7.25. The van der Waals surface area contributed by atoms with Gasteiger partial charge < -0.3 is 14.7 Å². The van der Waals surface area contributed by atoms with E-state index >= 15 is 0 Å². The molecule has 0 aromatic carbocycles. The van der Waals surface area contributed by atoms with Crippen LogP contribution in [0.5, 0.6) is 0 Å². The lowest BCUT2D eigenvalue weighted by atomic mass is 9.80. The van der Waals surface area contributed by atoms with Gasteiger partial charge in [-0.1, -0.05) is 12.8 Å². The lowest BCUT2D eigenvalue weighted by molar-refractivity contribution is -0.134. The summed E-state index contributed by atoms with van der Waals surface area (Å²) in [6, 6.07) is 0.283. The lowest BCUT2D eigenvalue weighted by Crippen LogP contribution is -2.45. The number of nitrogens with zero attached hydrogens (tertiary/aromatic N) is 1. The summed E-state index contributed by atoms with van der Waals surface area (Å²) in [6.07, 6.45) is 7.64. The quantitative estimate of drug-likeness (QED) is 0.776. The summed E-state index contributed by atoms with van der Waals surface area (Å²) in [5.41, 5.74) is 0. The van der Waals surface area contributed by atoms with Gasteiger partial charge in [0.1, 0.15) is 0 Å². The van der Waals surface area contributed by atoms with E-state index in [4.69, 9.17) is 4.74 Å². The molecule has 0 spiro atoms. The largest absolute Gasteiger partial charge is 0.393 e. The molecule has 2 aliphatic rings. The van der Waals surface area contributed by atoms with Crippen LogP contribution in [-0.2, 0) is 9.53 Å². The van der Waals surface area contributed by atoms with Crippen LogP contribution in [0.25, 0.3) is 0 Å². The number of methoxy groups -OCH3 is 1. The summed E-state index contributed by atoms with van der Waals surface area (Å²) in [4.78, 5) is 14.3. The molecule has 0 radical (unpaired) electrons. The van der Waals surface area contributed by atoms with Crippen molar-refractivity contribution in [3.8, 4) is 0 Å². The van der Waals surface area contributed by atoms with Crippen LogP contribution in [0.1, 0.15) is 51.4 Å². The second-order valence-corrected chi connectivity index (χ2v) is 5.91. The van der Waals surface area contributed by atoms with Crippen LogP contribution in [-0.4, -0.2) is 48.3 Å². The molecule has 1 saturated carbocycles. The van der Waals surface area contributed by atoms with E-state index in [9.17, 15) is 9.90 Å². The van der Waals surface area contributed by atoms with Crippen LogP contribution in [0.15, 0.2) is 0 Å². The maximum absolute atomic E-state index is 12.3. The maximum Gasteiger partial charge on any atom is 0.222 e. The van der Waals surface area contributed by atoms with E-state index in [1.165, 1.54) is 6.42 Å². The fourth-order valence-electron chi connectivity index (χ4n) is 3.65. The van der Waals surface area contributed by atoms with Crippen molar-refractivity contribution in [3.05, 3.63) is 0 Å². The number of carbonyl (C=O) groups is 1. The lowest BCUT2D eigenvalue weighted by Gasteiger charge is -2.37. The Hall–Kier alpha value is -0.610. The van der Waals surface area contributed by atoms with Crippen molar-refractivity contribution in [1.82, 2.24) is 4.90 Å². The van der Waals surface area contributed by atoms with Crippen LogP contribution >= 0.6 is 0 Å². The molecule has 0 aromatic rings. The molecule has 1 saturated heterocycles. The minimum Gasteiger partial charge on any atom is -0.393 e.